The van der Waals surface area contributed by atoms with Gasteiger partial charge in [0.25, 0.3) is 5.69 Å². The number of anilines is 1. The zero-order chi connectivity index (χ0) is 13.1. The lowest BCUT2D eigenvalue weighted by atomic mass is 9.98. The third kappa shape index (κ3) is 2.46. The molecule has 0 N–H and O–H groups in total. The number of morpholine rings is 1. The van der Waals surface area contributed by atoms with Gasteiger partial charge in [0.1, 0.15) is 0 Å². The Hall–Kier alpha value is -1.62. The predicted molar refractivity (Wildman–Crippen MR) is 69.9 cm³/mol. The van der Waals surface area contributed by atoms with Crippen LogP contribution in [0.3, 0.4) is 0 Å². The molecule has 2 bridgehead atoms. The van der Waals surface area contributed by atoms with E-state index in [-0.39, 0.29) is 10.6 Å². The molecule has 3 saturated heterocycles. The normalized spacial score (nSPS) is 24.7. The van der Waals surface area contributed by atoms with E-state index in [4.69, 9.17) is 4.74 Å². The van der Waals surface area contributed by atoms with Crippen molar-refractivity contribution in [2.45, 2.75) is 32.5 Å². The summed E-state index contributed by atoms with van der Waals surface area (Å²) in [5, 5.41) is 10.5. The molecule has 1 aromatic rings. The fourth-order valence-electron chi connectivity index (χ4n) is 2.35. The number of hydrogen-bond acceptors (Lipinski definition) is 4. The molecule has 1 aromatic carbocycles. The second-order valence-corrected chi connectivity index (χ2v) is 4.29. The van der Waals surface area contributed by atoms with E-state index in [2.05, 4.69) is 4.90 Å². The molecule has 2 unspecified atom stereocenters. The van der Waals surface area contributed by atoms with E-state index < -0.39 is 0 Å². The zero-order valence-corrected chi connectivity index (χ0v) is 10.7. The molecule has 0 radical (unpaired) electrons. The summed E-state index contributed by atoms with van der Waals surface area (Å²) >= 11 is 0. The van der Waals surface area contributed by atoms with Crippen LogP contribution in [0.1, 0.15) is 20.3 Å². The minimum absolute atomic E-state index is 0.141. The number of nitro benzene ring substituents is 1. The summed E-state index contributed by atoms with van der Waals surface area (Å²) in [7, 11) is 0. The Kier molecular flexibility index (Phi) is 3.81. The van der Waals surface area contributed by atoms with Crippen molar-refractivity contribution in [1.82, 2.24) is 0 Å². The summed E-state index contributed by atoms with van der Waals surface area (Å²) < 4.78 is 5.54. The standard InChI is InChI=1S/C11H12N2O3.C2H6/c14-13(15)9-3-1-8(2-4-9)12-6-10-5-11(7-12)16-10;1-2/h1-4,10-11H,5-7H2;1-2H3. The topological polar surface area (TPSA) is 55.6 Å². The van der Waals surface area contributed by atoms with Gasteiger partial charge in [-0.15, -0.1) is 0 Å². The number of rotatable bonds is 2. The van der Waals surface area contributed by atoms with Crippen LogP contribution in [0.5, 0.6) is 0 Å². The van der Waals surface area contributed by atoms with Gasteiger partial charge in [0, 0.05) is 37.3 Å². The van der Waals surface area contributed by atoms with Crippen molar-refractivity contribution in [3.05, 3.63) is 34.4 Å². The second kappa shape index (κ2) is 5.35. The summed E-state index contributed by atoms with van der Waals surface area (Å²) in [6.45, 7) is 5.79. The highest BCUT2D eigenvalue weighted by molar-refractivity contribution is 5.51. The van der Waals surface area contributed by atoms with Crippen molar-refractivity contribution in [3.63, 3.8) is 0 Å². The first-order valence-corrected chi connectivity index (χ1v) is 6.37. The van der Waals surface area contributed by atoms with Crippen LogP contribution in [0.15, 0.2) is 24.3 Å². The quantitative estimate of drug-likeness (QED) is 0.598. The third-order valence-corrected chi connectivity index (χ3v) is 3.18. The molecule has 0 aromatic heterocycles. The van der Waals surface area contributed by atoms with E-state index in [9.17, 15) is 10.1 Å². The Morgan fingerprint density at radius 2 is 1.72 bits per heavy atom. The van der Waals surface area contributed by atoms with Crippen LogP contribution in [0.4, 0.5) is 11.4 Å². The lowest BCUT2D eigenvalue weighted by molar-refractivity contribution is -0.384. The molecule has 0 amide bonds. The average Bonchev–Trinajstić information content (AvgIpc) is 2.40. The molecule has 3 heterocycles. The Morgan fingerprint density at radius 3 is 2.17 bits per heavy atom. The zero-order valence-electron chi connectivity index (χ0n) is 10.7. The first-order valence-electron chi connectivity index (χ1n) is 6.37. The Morgan fingerprint density at radius 1 is 1.22 bits per heavy atom. The molecule has 18 heavy (non-hydrogen) atoms. The highest BCUT2D eigenvalue weighted by Crippen LogP contribution is 2.31. The van der Waals surface area contributed by atoms with Gasteiger partial charge < -0.3 is 9.64 Å². The van der Waals surface area contributed by atoms with Crippen molar-refractivity contribution in [3.8, 4) is 0 Å². The van der Waals surface area contributed by atoms with Crippen molar-refractivity contribution in [1.29, 1.82) is 0 Å². The molecule has 5 heteroatoms. The molecule has 0 spiro atoms. The van der Waals surface area contributed by atoms with E-state index in [1.807, 2.05) is 26.0 Å². The van der Waals surface area contributed by atoms with E-state index in [1.165, 1.54) is 0 Å². The molecule has 98 valence electrons. The SMILES string of the molecule is CC.O=[N+]([O-])c1ccc(N2CC3CC(C2)O3)cc1. The summed E-state index contributed by atoms with van der Waals surface area (Å²) in [6, 6.07) is 6.72. The molecule has 2 atom stereocenters. The summed E-state index contributed by atoms with van der Waals surface area (Å²) in [5.74, 6) is 0. The molecule has 3 aliphatic rings. The smallest absolute Gasteiger partial charge is 0.269 e. The summed E-state index contributed by atoms with van der Waals surface area (Å²) in [5.41, 5.74) is 1.19. The molecule has 3 aliphatic heterocycles. The number of nitrogens with zero attached hydrogens (tertiary/aromatic N) is 2. The average molecular weight is 250 g/mol. The van der Waals surface area contributed by atoms with Crippen molar-refractivity contribution in [2.24, 2.45) is 0 Å². The van der Waals surface area contributed by atoms with Crippen LogP contribution in [0.25, 0.3) is 0 Å². The molecule has 0 saturated carbocycles. The monoisotopic (exact) mass is 250 g/mol. The highest BCUT2D eigenvalue weighted by atomic mass is 16.6. The number of non-ortho nitro benzene ring substituents is 1. The van der Waals surface area contributed by atoms with Crippen LogP contribution in [0.2, 0.25) is 0 Å². The van der Waals surface area contributed by atoms with Crippen molar-refractivity contribution >= 4 is 11.4 Å². The molecule has 5 nitrogen and oxygen atoms in total. The summed E-state index contributed by atoms with van der Waals surface area (Å²) in [6.07, 6.45) is 1.87. The Balaban J connectivity index is 0.000000574. The largest absolute Gasteiger partial charge is 0.371 e. The molecule has 0 aliphatic carbocycles. The lowest BCUT2D eigenvalue weighted by Crippen LogP contribution is -2.57. The van der Waals surface area contributed by atoms with Crippen LogP contribution >= 0.6 is 0 Å². The minimum Gasteiger partial charge on any atom is -0.371 e. The number of fused-ring (bicyclic) bond motifs is 2. The molecular weight excluding hydrogens is 232 g/mol. The van der Waals surface area contributed by atoms with Gasteiger partial charge in [0.2, 0.25) is 0 Å². The van der Waals surface area contributed by atoms with E-state index >= 15 is 0 Å². The van der Waals surface area contributed by atoms with Crippen LogP contribution < -0.4 is 4.90 Å². The molecule has 4 rings (SSSR count). The maximum absolute atomic E-state index is 10.5. The maximum atomic E-state index is 10.5. The second-order valence-electron chi connectivity index (χ2n) is 4.29. The minimum atomic E-state index is -0.374. The molecular formula is C13H18N2O3. The van der Waals surface area contributed by atoms with Gasteiger partial charge >= 0.3 is 0 Å². The van der Waals surface area contributed by atoms with Gasteiger partial charge in [-0.2, -0.15) is 0 Å². The maximum Gasteiger partial charge on any atom is 0.269 e. The van der Waals surface area contributed by atoms with Crippen molar-refractivity contribution < 1.29 is 9.66 Å². The van der Waals surface area contributed by atoms with Gasteiger partial charge in [0.15, 0.2) is 0 Å². The first kappa shape index (κ1) is 12.8. The number of ether oxygens (including phenoxy) is 1. The predicted octanol–water partition coefficient (Wildman–Crippen LogP) is 2.60. The van der Waals surface area contributed by atoms with Gasteiger partial charge in [-0.3, -0.25) is 10.1 Å². The summed E-state index contributed by atoms with van der Waals surface area (Å²) in [4.78, 5) is 12.4. The highest BCUT2D eigenvalue weighted by Gasteiger charge is 2.38. The van der Waals surface area contributed by atoms with E-state index in [1.54, 1.807) is 12.1 Å². The third-order valence-electron chi connectivity index (χ3n) is 3.18. The number of benzene rings is 1. The van der Waals surface area contributed by atoms with Gasteiger partial charge in [0.05, 0.1) is 17.1 Å². The fourth-order valence-corrected chi connectivity index (χ4v) is 2.35. The fraction of sp³-hybridized carbons (Fsp3) is 0.538. The van der Waals surface area contributed by atoms with Gasteiger partial charge in [-0.25, -0.2) is 0 Å². The Labute approximate surface area is 107 Å². The Bertz CT molecular complexity index is 403. The van der Waals surface area contributed by atoms with Crippen molar-refractivity contribution in [2.75, 3.05) is 18.0 Å². The van der Waals surface area contributed by atoms with Gasteiger partial charge in [-0.1, -0.05) is 13.8 Å². The number of piperidine rings is 1. The lowest BCUT2D eigenvalue weighted by Gasteiger charge is -2.48. The van der Waals surface area contributed by atoms with Gasteiger partial charge in [-0.05, 0) is 12.1 Å². The number of nitro groups is 1. The van der Waals surface area contributed by atoms with Crippen LogP contribution in [0, 0.1) is 10.1 Å². The van der Waals surface area contributed by atoms with Crippen LogP contribution in [-0.2, 0) is 4.74 Å². The first-order chi connectivity index (χ1) is 8.72. The van der Waals surface area contributed by atoms with Crippen LogP contribution in [-0.4, -0.2) is 30.2 Å². The molecule has 3 fully saturated rings. The van der Waals surface area contributed by atoms with E-state index in [0.29, 0.717) is 12.2 Å². The number of hydrogen-bond donors (Lipinski definition) is 0. The van der Waals surface area contributed by atoms with E-state index in [0.717, 1.165) is 25.2 Å².